The molecule has 3 rings (SSSR count). The second-order valence-corrected chi connectivity index (χ2v) is 5.95. The second-order valence-electron chi connectivity index (χ2n) is 5.95. The molecule has 0 atom stereocenters. The molecular formula is C19H14F5N3O2. The van der Waals surface area contributed by atoms with E-state index in [0.717, 1.165) is 12.1 Å². The molecule has 1 N–H and O–H groups in total. The van der Waals surface area contributed by atoms with Crippen molar-refractivity contribution in [2.24, 2.45) is 0 Å². The fourth-order valence-electron chi connectivity index (χ4n) is 2.60. The second kappa shape index (κ2) is 8.29. The van der Waals surface area contributed by atoms with E-state index in [0.29, 0.717) is 5.56 Å². The highest BCUT2D eigenvalue weighted by Gasteiger charge is 2.30. The summed E-state index contributed by atoms with van der Waals surface area (Å²) in [6.45, 7) is -3.04. The van der Waals surface area contributed by atoms with E-state index in [2.05, 4.69) is 15.2 Å². The van der Waals surface area contributed by atoms with E-state index in [4.69, 9.17) is 0 Å². The van der Waals surface area contributed by atoms with Crippen LogP contribution in [0.1, 0.15) is 21.5 Å². The van der Waals surface area contributed by atoms with E-state index in [1.807, 2.05) is 0 Å². The van der Waals surface area contributed by atoms with Crippen LogP contribution in [0.5, 0.6) is 5.75 Å². The number of benzene rings is 2. The van der Waals surface area contributed by atoms with E-state index < -0.39 is 24.3 Å². The number of rotatable bonds is 6. The lowest BCUT2D eigenvalue weighted by molar-refractivity contribution is -0.137. The molecule has 0 aliphatic carbocycles. The van der Waals surface area contributed by atoms with Crippen molar-refractivity contribution in [1.29, 1.82) is 0 Å². The van der Waals surface area contributed by atoms with Crippen LogP contribution in [0.2, 0.25) is 0 Å². The number of nitrogens with zero attached hydrogens (tertiary/aromatic N) is 2. The van der Waals surface area contributed by atoms with Crippen molar-refractivity contribution in [3.05, 3.63) is 77.6 Å². The number of amides is 1. The molecule has 0 bridgehead atoms. The van der Waals surface area contributed by atoms with Crippen LogP contribution in [0.25, 0.3) is 0 Å². The first kappa shape index (κ1) is 20.3. The summed E-state index contributed by atoms with van der Waals surface area (Å²) in [5, 5.41) is 6.48. The third-order valence-corrected chi connectivity index (χ3v) is 3.84. The van der Waals surface area contributed by atoms with E-state index in [1.165, 1.54) is 53.5 Å². The van der Waals surface area contributed by atoms with Gasteiger partial charge in [0, 0.05) is 6.20 Å². The van der Waals surface area contributed by atoms with Crippen LogP contribution in [0, 0.1) is 0 Å². The van der Waals surface area contributed by atoms with Crippen molar-refractivity contribution in [3.8, 4) is 5.75 Å². The average Bonchev–Trinajstić information content (AvgIpc) is 3.08. The Morgan fingerprint density at radius 2 is 1.90 bits per heavy atom. The molecule has 2 aromatic carbocycles. The Bertz CT molecular complexity index is 1000. The molecule has 0 unspecified atom stereocenters. The van der Waals surface area contributed by atoms with Crippen LogP contribution in [0.15, 0.2) is 60.9 Å². The number of carbonyl (C=O) groups is 1. The minimum atomic E-state index is -4.45. The molecule has 0 aliphatic rings. The van der Waals surface area contributed by atoms with E-state index in [-0.39, 0.29) is 23.5 Å². The lowest BCUT2D eigenvalue weighted by Gasteiger charge is -2.10. The number of para-hydroxylation sites is 1. The molecule has 1 amide bonds. The molecule has 1 heterocycles. The van der Waals surface area contributed by atoms with Gasteiger partial charge in [-0.25, -0.2) is 0 Å². The highest BCUT2D eigenvalue weighted by molar-refractivity contribution is 6.06. The largest absolute Gasteiger partial charge is 0.434 e. The Hall–Kier alpha value is -3.43. The number of nitrogens with one attached hydrogen (secondary N) is 1. The summed E-state index contributed by atoms with van der Waals surface area (Å²) in [4.78, 5) is 12.3. The Balaban J connectivity index is 1.71. The molecule has 5 nitrogen and oxygen atoms in total. The number of ether oxygens (including phenoxy) is 1. The third-order valence-electron chi connectivity index (χ3n) is 3.84. The first-order chi connectivity index (χ1) is 13.7. The lowest BCUT2D eigenvalue weighted by atomic mass is 10.1. The predicted molar refractivity (Wildman–Crippen MR) is 93.8 cm³/mol. The van der Waals surface area contributed by atoms with Gasteiger partial charge in [0.15, 0.2) is 0 Å². The zero-order valence-electron chi connectivity index (χ0n) is 14.7. The Kier molecular flexibility index (Phi) is 5.81. The van der Waals surface area contributed by atoms with Crippen LogP contribution in [-0.2, 0) is 12.7 Å². The number of hydrogen-bond donors (Lipinski definition) is 1. The predicted octanol–water partition coefficient (Wildman–Crippen LogP) is 4.80. The van der Waals surface area contributed by atoms with Gasteiger partial charge in [-0.3, -0.25) is 9.48 Å². The van der Waals surface area contributed by atoms with Gasteiger partial charge in [0.1, 0.15) is 5.75 Å². The Labute approximate surface area is 161 Å². The topological polar surface area (TPSA) is 56.2 Å². The smallest absolute Gasteiger partial charge is 0.416 e. The first-order valence-electron chi connectivity index (χ1n) is 8.26. The number of anilines is 1. The number of aromatic nitrogens is 2. The first-order valence-corrected chi connectivity index (χ1v) is 8.26. The van der Waals surface area contributed by atoms with Gasteiger partial charge in [0.05, 0.1) is 29.6 Å². The molecule has 0 saturated heterocycles. The molecule has 0 spiro atoms. The molecule has 0 saturated carbocycles. The maximum Gasteiger partial charge on any atom is 0.416 e. The molecule has 10 heteroatoms. The van der Waals surface area contributed by atoms with Gasteiger partial charge in [-0.1, -0.05) is 24.3 Å². The number of carbonyl (C=O) groups excluding carboxylic acids is 1. The summed E-state index contributed by atoms with van der Waals surface area (Å²) < 4.78 is 69.0. The minimum absolute atomic E-state index is 0.0465. The van der Waals surface area contributed by atoms with Gasteiger partial charge in [-0.2, -0.15) is 27.1 Å². The maximum absolute atomic E-state index is 12.8. The fraction of sp³-hybridized carbons (Fsp3) is 0.158. The van der Waals surface area contributed by atoms with E-state index >= 15 is 0 Å². The van der Waals surface area contributed by atoms with Gasteiger partial charge in [-0.05, 0) is 29.8 Å². The zero-order valence-corrected chi connectivity index (χ0v) is 14.7. The quantitative estimate of drug-likeness (QED) is 0.593. The summed E-state index contributed by atoms with van der Waals surface area (Å²) in [5.74, 6) is -0.976. The van der Waals surface area contributed by atoms with Gasteiger partial charge < -0.3 is 10.1 Å². The standard InChI is InChI=1S/C19H14F5N3O2/c20-18(21)29-16-7-2-1-6-15(16)17(28)26-14-9-25-27(11-14)10-12-4-3-5-13(8-12)19(22,23)24/h1-9,11,18H,10H2,(H,26,28). The van der Waals surface area contributed by atoms with Crippen LogP contribution < -0.4 is 10.1 Å². The minimum Gasteiger partial charge on any atom is -0.434 e. The van der Waals surface area contributed by atoms with Gasteiger partial charge in [-0.15, -0.1) is 0 Å². The van der Waals surface area contributed by atoms with E-state index in [1.54, 1.807) is 0 Å². The zero-order chi connectivity index (χ0) is 21.0. The maximum atomic E-state index is 12.8. The number of halogens is 5. The Morgan fingerprint density at radius 3 is 2.62 bits per heavy atom. The summed E-state index contributed by atoms with van der Waals surface area (Å²) >= 11 is 0. The van der Waals surface area contributed by atoms with Crippen molar-refractivity contribution < 1.29 is 31.5 Å². The van der Waals surface area contributed by atoms with Gasteiger partial charge >= 0.3 is 12.8 Å². The van der Waals surface area contributed by atoms with Crippen molar-refractivity contribution >= 4 is 11.6 Å². The number of hydrogen-bond acceptors (Lipinski definition) is 3. The van der Waals surface area contributed by atoms with Gasteiger partial charge in [0.25, 0.3) is 5.91 Å². The fourth-order valence-corrected chi connectivity index (χ4v) is 2.60. The third kappa shape index (κ3) is 5.31. The SMILES string of the molecule is O=C(Nc1cnn(Cc2cccc(C(F)(F)F)c2)c1)c1ccccc1OC(F)F. The van der Waals surface area contributed by atoms with Crippen molar-refractivity contribution in [3.63, 3.8) is 0 Å². The molecular weight excluding hydrogens is 397 g/mol. The molecule has 29 heavy (non-hydrogen) atoms. The van der Waals surface area contributed by atoms with Crippen LogP contribution in [0.4, 0.5) is 27.6 Å². The summed E-state index contributed by atoms with van der Waals surface area (Å²) in [6.07, 6.45) is -1.75. The van der Waals surface area contributed by atoms with Crippen LogP contribution in [-0.4, -0.2) is 22.3 Å². The highest BCUT2D eigenvalue weighted by atomic mass is 19.4. The normalized spacial score (nSPS) is 11.5. The molecule has 3 aromatic rings. The molecule has 0 radical (unpaired) electrons. The summed E-state index contributed by atoms with van der Waals surface area (Å²) in [5.41, 5.74) is -0.255. The van der Waals surface area contributed by atoms with Gasteiger partial charge in [0.2, 0.25) is 0 Å². The molecule has 152 valence electrons. The highest BCUT2D eigenvalue weighted by Crippen LogP contribution is 2.29. The molecule has 1 aromatic heterocycles. The summed E-state index contributed by atoms with van der Waals surface area (Å²) in [7, 11) is 0. The van der Waals surface area contributed by atoms with E-state index in [9.17, 15) is 26.7 Å². The summed E-state index contributed by atoms with van der Waals surface area (Å²) in [6, 6.07) is 10.3. The van der Waals surface area contributed by atoms with Crippen LogP contribution >= 0.6 is 0 Å². The molecule has 0 fully saturated rings. The molecule has 0 aliphatic heterocycles. The van der Waals surface area contributed by atoms with Crippen molar-refractivity contribution in [2.75, 3.05) is 5.32 Å². The number of alkyl halides is 5. The van der Waals surface area contributed by atoms with Crippen molar-refractivity contribution in [1.82, 2.24) is 9.78 Å². The monoisotopic (exact) mass is 411 g/mol. The van der Waals surface area contributed by atoms with Crippen LogP contribution in [0.3, 0.4) is 0 Å². The average molecular weight is 411 g/mol. The lowest BCUT2D eigenvalue weighted by Crippen LogP contribution is -2.14. The Morgan fingerprint density at radius 1 is 1.14 bits per heavy atom. The van der Waals surface area contributed by atoms with Crippen molar-refractivity contribution in [2.45, 2.75) is 19.3 Å².